The van der Waals surface area contributed by atoms with Gasteiger partial charge in [-0.25, -0.2) is 0 Å². The average Bonchev–Trinajstić information content (AvgIpc) is 2.26. The van der Waals surface area contributed by atoms with Crippen molar-refractivity contribution in [2.75, 3.05) is 7.11 Å². The Hall–Kier alpha value is -0.870. The fourth-order valence-corrected chi connectivity index (χ4v) is 1.82. The number of benzene rings is 1. The molecule has 1 amide bonds. The molecule has 1 aromatic carbocycles. The van der Waals surface area contributed by atoms with Crippen LogP contribution in [-0.2, 0) is 16.1 Å². The van der Waals surface area contributed by atoms with Crippen molar-refractivity contribution in [3.8, 4) is 0 Å². The fourth-order valence-electron chi connectivity index (χ4n) is 1.37. The summed E-state index contributed by atoms with van der Waals surface area (Å²) in [4.78, 5) is 11.7. The second-order valence-electron chi connectivity index (χ2n) is 4.55. The smallest absolute Gasteiger partial charge is 0.223 e. The van der Waals surface area contributed by atoms with E-state index in [2.05, 4.69) is 21.2 Å². The topological polar surface area (TPSA) is 38.3 Å². The van der Waals surface area contributed by atoms with Crippen LogP contribution in [0.25, 0.3) is 0 Å². The van der Waals surface area contributed by atoms with Gasteiger partial charge in [0.25, 0.3) is 0 Å². The number of hydrogen-bond acceptors (Lipinski definition) is 2. The maximum atomic E-state index is 11.7. The van der Waals surface area contributed by atoms with Gasteiger partial charge < -0.3 is 10.1 Å². The number of amides is 1. The minimum absolute atomic E-state index is 0.00294. The van der Waals surface area contributed by atoms with Gasteiger partial charge in [-0.05, 0) is 31.5 Å². The summed E-state index contributed by atoms with van der Waals surface area (Å²) in [6, 6.07) is 7.87. The van der Waals surface area contributed by atoms with Crippen molar-refractivity contribution in [2.45, 2.75) is 32.4 Å². The molecule has 0 atom stereocenters. The Morgan fingerprint density at radius 3 is 2.76 bits per heavy atom. The minimum Gasteiger partial charge on any atom is -0.378 e. The molecule has 1 N–H and O–H groups in total. The molecule has 17 heavy (non-hydrogen) atoms. The van der Waals surface area contributed by atoms with Crippen LogP contribution in [-0.4, -0.2) is 18.6 Å². The number of hydrogen-bond donors (Lipinski definition) is 1. The first-order valence-electron chi connectivity index (χ1n) is 5.49. The lowest BCUT2D eigenvalue weighted by Gasteiger charge is -2.21. The Morgan fingerprint density at radius 2 is 2.18 bits per heavy atom. The maximum absolute atomic E-state index is 11.7. The van der Waals surface area contributed by atoms with E-state index in [4.69, 9.17) is 4.74 Å². The van der Waals surface area contributed by atoms with E-state index >= 15 is 0 Å². The molecule has 0 radical (unpaired) electrons. The average molecular weight is 300 g/mol. The molecule has 0 aliphatic heterocycles. The van der Waals surface area contributed by atoms with E-state index in [1.54, 1.807) is 7.11 Å². The van der Waals surface area contributed by atoms with Gasteiger partial charge in [-0.15, -0.1) is 0 Å². The molecule has 0 spiro atoms. The van der Waals surface area contributed by atoms with Crippen LogP contribution < -0.4 is 5.32 Å². The van der Waals surface area contributed by atoms with E-state index in [1.807, 2.05) is 38.1 Å². The third-order valence-electron chi connectivity index (χ3n) is 2.52. The summed E-state index contributed by atoms with van der Waals surface area (Å²) in [5.41, 5.74) is 0.657. The van der Waals surface area contributed by atoms with Crippen LogP contribution in [0.4, 0.5) is 0 Å². The number of carbonyl (C=O) groups excluding carboxylic acids is 1. The molecule has 0 heterocycles. The lowest BCUT2D eigenvalue weighted by molar-refractivity contribution is -0.126. The van der Waals surface area contributed by atoms with Crippen molar-refractivity contribution >= 4 is 21.8 Å². The predicted molar refractivity (Wildman–Crippen MR) is 71.7 cm³/mol. The van der Waals surface area contributed by atoms with Gasteiger partial charge in [0.2, 0.25) is 5.91 Å². The third-order valence-corrected chi connectivity index (χ3v) is 3.01. The van der Waals surface area contributed by atoms with Gasteiger partial charge in [0.15, 0.2) is 0 Å². The molecule has 0 unspecified atom stereocenters. The number of carbonyl (C=O) groups is 1. The van der Waals surface area contributed by atoms with Crippen LogP contribution in [0.15, 0.2) is 28.7 Å². The molecule has 0 fully saturated rings. The first-order valence-corrected chi connectivity index (χ1v) is 6.28. The van der Waals surface area contributed by atoms with E-state index in [1.165, 1.54) is 0 Å². The van der Waals surface area contributed by atoms with Gasteiger partial charge in [-0.3, -0.25) is 4.79 Å². The first-order chi connectivity index (χ1) is 7.93. The molecule has 3 nitrogen and oxygen atoms in total. The zero-order valence-corrected chi connectivity index (χ0v) is 12.0. The lowest BCUT2D eigenvalue weighted by Crippen LogP contribution is -2.33. The second kappa shape index (κ2) is 6.17. The number of halogens is 1. The third kappa shape index (κ3) is 5.33. The number of methoxy groups -OCH3 is 1. The molecule has 4 heteroatoms. The summed E-state index contributed by atoms with van der Waals surface area (Å²) in [5.74, 6) is -0.00294. The van der Waals surface area contributed by atoms with E-state index < -0.39 is 5.60 Å². The number of rotatable bonds is 5. The minimum atomic E-state index is -0.415. The standard InChI is InChI=1S/C13H18BrNO2/c1-13(2,17-3)8-12(16)15-9-10-5-4-6-11(14)7-10/h4-7H,8-9H2,1-3H3,(H,15,16). The van der Waals surface area contributed by atoms with Crippen LogP contribution in [0.5, 0.6) is 0 Å². The predicted octanol–water partition coefficient (Wildman–Crippen LogP) is 2.88. The van der Waals surface area contributed by atoms with E-state index in [0.717, 1.165) is 10.0 Å². The monoisotopic (exact) mass is 299 g/mol. The van der Waals surface area contributed by atoms with Crippen LogP contribution >= 0.6 is 15.9 Å². The fraction of sp³-hybridized carbons (Fsp3) is 0.462. The van der Waals surface area contributed by atoms with Crippen molar-refractivity contribution in [1.29, 1.82) is 0 Å². The summed E-state index contributed by atoms with van der Waals surface area (Å²) in [5, 5.41) is 2.88. The van der Waals surface area contributed by atoms with E-state index in [9.17, 15) is 4.79 Å². The summed E-state index contributed by atoms with van der Waals surface area (Å²) < 4.78 is 6.23. The summed E-state index contributed by atoms with van der Waals surface area (Å²) in [7, 11) is 1.61. The summed E-state index contributed by atoms with van der Waals surface area (Å²) in [6.07, 6.45) is 0.359. The molecule has 1 aromatic rings. The first kappa shape index (κ1) is 14.2. The SMILES string of the molecule is COC(C)(C)CC(=O)NCc1cccc(Br)c1. The number of nitrogens with one attached hydrogen (secondary N) is 1. The van der Waals surface area contributed by atoms with E-state index in [-0.39, 0.29) is 5.91 Å². The second-order valence-corrected chi connectivity index (χ2v) is 5.46. The highest BCUT2D eigenvalue weighted by Gasteiger charge is 2.20. The Balaban J connectivity index is 2.44. The van der Waals surface area contributed by atoms with Crippen LogP contribution in [0.2, 0.25) is 0 Å². The van der Waals surface area contributed by atoms with Gasteiger partial charge in [-0.2, -0.15) is 0 Å². The molecule has 0 saturated heterocycles. The quantitative estimate of drug-likeness (QED) is 0.908. The largest absolute Gasteiger partial charge is 0.378 e. The molecule has 0 aromatic heterocycles. The highest BCUT2D eigenvalue weighted by atomic mass is 79.9. The summed E-state index contributed by atoms with van der Waals surface area (Å²) in [6.45, 7) is 4.33. The van der Waals surface area contributed by atoms with Crippen molar-refractivity contribution in [3.63, 3.8) is 0 Å². The molecular weight excluding hydrogens is 282 g/mol. The normalized spacial score (nSPS) is 11.3. The zero-order valence-electron chi connectivity index (χ0n) is 10.4. The lowest BCUT2D eigenvalue weighted by atomic mass is 10.0. The molecule has 94 valence electrons. The molecule has 0 aliphatic rings. The van der Waals surface area contributed by atoms with Crippen LogP contribution in [0, 0.1) is 0 Å². The molecular formula is C13H18BrNO2. The molecule has 0 bridgehead atoms. The Bertz CT molecular complexity index is 391. The molecule has 1 rings (SSSR count). The van der Waals surface area contributed by atoms with Gasteiger partial charge in [0.05, 0.1) is 12.0 Å². The Kier molecular flexibility index (Phi) is 5.15. The Morgan fingerprint density at radius 1 is 1.47 bits per heavy atom. The van der Waals surface area contributed by atoms with Crippen molar-refractivity contribution in [1.82, 2.24) is 5.32 Å². The Labute approximate surface area is 111 Å². The van der Waals surface area contributed by atoms with Crippen LogP contribution in [0.3, 0.4) is 0 Å². The summed E-state index contributed by atoms with van der Waals surface area (Å²) >= 11 is 3.40. The van der Waals surface area contributed by atoms with Crippen molar-refractivity contribution in [2.24, 2.45) is 0 Å². The van der Waals surface area contributed by atoms with E-state index in [0.29, 0.717) is 13.0 Å². The van der Waals surface area contributed by atoms with Crippen molar-refractivity contribution in [3.05, 3.63) is 34.3 Å². The molecule has 0 aliphatic carbocycles. The maximum Gasteiger partial charge on any atom is 0.223 e. The van der Waals surface area contributed by atoms with Gasteiger partial charge in [-0.1, -0.05) is 28.1 Å². The number of ether oxygens (including phenoxy) is 1. The zero-order chi connectivity index (χ0) is 12.9. The van der Waals surface area contributed by atoms with Gasteiger partial charge >= 0.3 is 0 Å². The highest BCUT2D eigenvalue weighted by molar-refractivity contribution is 9.10. The highest BCUT2D eigenvalue weighted by Crippen LogP contribution is 2.13. The van der Waals surface area contributed by atoms with Crippen molar-refractivity contribution < 1.29 is 9.53 Å². The molecule has 0 saturated carbocycles. The van der Waals surface area contributed by atoms with Gasteiger partial charge in [0.1, 0.15) is 0 Å². The van der Waals surface area contributed by atoms with Crippen LogP contribution in [0.1, 0.15) is 25.8 Å². The van der Waals surface area contributed by atoms with Gasteiger partial charge in [0, 0.05) is 18.1 Å².